The molecule has 1 N–H and O–H groups in total. The molecule has 1 amide bonds. The molecule has 0 fully saturated rings. The van der Waals surface area contributed by atoms with Gasteiger partial charge in [0.05, 0.1) is 5.69 Å². The Hall–Kier alpha value is -2.82. The summed E-state index contributed by atoms with van der Waals surface area (Å²) in [4.78, 5) is 13.6. The highest BCUT2D eigenvalue weighted by Gasteiger charge is 2.20. The molecule has 4 aromatic rings. The molecule has 27 heavy (non-hydrogen) atoms. The zero-order valence-electron chi connectivity index (χ0n) is 14.6. The van der Waals surface area contributed by atoms with Gasteiger partial charge in [0.1, 0.15) is 4.88 Å². The van der Waals surface area contributed by atoms with Crippen LogP contribution in [-0.4, -0.2) is 10.5 Å². The number of amides is 1. The highest BCUT2D eigenvalue weighted by atomic mass is 35.5. The number of rotatable bonds is 4. The van der Waals surface area contributed by atoms with Crippen LogP contribution in [0.25, 0.3) is 16.8 Å². The maximum atomic E-state index is 13.0. The molecule has 4 rings (SSSR count). The average Bonchev–Trinajstić information content (AvgIpc) is 3.33. The fourth-order valence-electron chi connectivity index (χ4n) is 2.91. The Morgan fingerprint density at radius 3 is 2.33 bits per heavy atom. The largest absolute Gasteiger partial charge is 0.322 e. The molecule has 0 unspecified atom stereocenters. The van der Waals surface area contributed by atoms with Gasteiger partial charge in [-0.2, -0.15) is 0 Å². The standard InChI is InChI=1S/C22H17ClN2OS/c1-15-4-10-18(11-5-15)24-22(26)21-20(25-12-2-3-13-25)19(14-27-21)16-6-8-17(23)9-7-16/h2-14H,1H3,(H,24,26). The van der Waals surface area contributed by atoms with E-state index < -0.39 is 0 Å². The Labute approximate surface area is 166 Å². The smallest absolute Gasteiger partial charge is 0.267 e. The van der Waals surface area contributed by atoms with E-state index in [9.17, 15) is 4.79 Å². The lowest BCUT2D eigenvalue weighted by Gasteiger charge is -2.10. The number of halogens is 1. The molecule has 2 aromatic heterocycles. The Bertz CT molecular complexity index is 1060. The predicted octanol–water partition coefficient (Wildman–Crippen LogP) is 6.42. The van der Waals surface area contributed by atoms with Gasteiger partial charge in [0.2, 0.25) is 0 Å². The third-order valence-electron chi connectivity index (χ3n) is 4.30. The molecule has 0 saturated carbocycles. The monoisotopic (exact) mass is 392 g/mol. The zero-order valence-corrected chi connectivity index (χ0v) is 16.2. The number of hydrogen-bond donors (Lipinski definition) is 1. The Morgan fingerprint density at radius 2 is 1.67 bits per heavy atom. The first-order valence-corrected chi connectivity index (χ1v) is 9.76. The fraction of sp³-hybridized carbons (Fsp3) is 0.0455. The van der Waals surface area contributed by atoms with Gasteiger partial charge in [-0.05, 0) is 48.9 Å². The van der Waals surface area contributed by atoms with Crippen LogP contribution in [0.15, 0.2) is 78.4 Å². The third-order valence-corrected chi connectivity index (χ3v) is 5.52. The van der Waals surface area contributed by atoms with E-state index in [1.54, 1.807) is 0 Å². The Balaban J connectivity index is 1.75. The summed E-state index contributed by atoms with van der Waals surface area (Å²) < 4.78 is 1.98. The number of aromatic nitrogens is 1. The maximum Gasteiger partial charge on any atom is 0.267 e. The molecule has 0 spiro atoms. The van der Waals surface area contributed by atoms with E-state index in [-0.39, 0.29) is 5.91 Å². The van der Waals surface area contributed by atoms with Crippen molar-refractivity contribution in [3.63, 3.8) is 0 Å². The van der Waals surface area contributed by atoms with Gasteiger partial charge >= 0.3 is 0 Å². The summed E-state index contributed by atoms with van der Waals surface area (Å²) in [5, 5.41) is 5.70. The topological polar surface area (TPSA) is 34.0 Å². The Morgan fingerprint density at radius 1 is 1.00 bits per heavy atom. The number of carbonyl (C=O) groups excluding carboxylic acids is 1. The molecule has 5 heteroatoms. The summed E-state index contributed by atoms with van der Waals surface area (Å²) in [5.41, 5.74) is 4.83. The van der Waals surface area contributed by atoms with Crippen molar-refractivity contribution in [3.05, 3.63) is 93.9 Å². The molecule has 0 bridgehead atoms. The number of carbonyl (C=O) groups is 1. The van der Waals surface area contributed by atoms with Crippen LogP contribution in [0.1, 0.15) is 15.2 Å². The number of nitrogens with one attached hydrogen (secondary N) is 1. The van der Waals surface area contributed by atoms with Crippen LogP contribution in [0.4, 0.5) is 5.69 Å². The molecule has 0 radical (unpaired) electrons. The van der Waals surface area contributed by atoms with Crippen molar-refractivity contribution in [2.45, 2.75) is 6.92 Å². The van der Waals surface area contributed by atoms with Gasteiger partial charge in [0.25, 0.3) is 5.91 Å². The lowest BCUT2D eigenvalue weighted by atomic mass is 10.1. The summed E-state index contributed by atoms with van der Waals surface area (Å²) >= 11 is 7.47. The number of anilines is 1. The second kappa shape index (κ2) is 7.43. The van der Waals surface area contributed by atoms with Crippen LogP contribution in [0.5, 0.6) is 0 Å². The van der Waals surface area contributed by atoms with Crippen molar-refractivity contribution < 1.29 is 4.79 Å². The molecule has 3 nitrogen and oxygen atoms in total. The highest BCUT2D eigenvalue weighted by molar-refractivity contribution is 7.13. The minimum Gasteiger partial charge on any atom is -0.322 e. The van der Waals surface area contributed by atoms with E-state index in [1.165, 1.54) is 11.3 Å². The first kappa shape index (κ1) is 17.6. The van der Waals surface area contributed by atoms with Crippen LogP contribution in [-0.2, 0) is 0 Å². The molecular weight excluding hydrogens is 376 g/mol. The minimum absolute atomic E-state index is 0.118. The van der Waals surface area contributed by atoms with Crippen LogP contribution >= 0.6 is 22.9 Å². The molecule has 0 aliphatic heterocycles. The van der Waals surface area contributed by atoms with Gasteiger partial charge in [0, 0.05) is 34.0 Å². The Kier molecular flexibility index (Phi) is 4.84. The first-order chi connectivity index (χ1) is 13.1. The van der Waals surface area contributed by atoms with Gasteiger partial charge in [-0.25, -0.2) is 0 Å². The zero-order chi connectivity index (χ0) is 18.8. The average molecular weight is 393 g/mol. The fourth-order valence-corrected chi connectivity index (χ4v) is 4.01. The van der Waals surface area contributed by atoms with Crippen molar-refractivity contribution in [3.8, 4) is 16.8 Å². The van der Waals surface area contributed by atoms with E-state index in [4.69, 9.17) is 11.6 Å². The van der Waals surface area contributed by atoms with E-state index in [2.05, 4.69) is 5.32 Å². The second-order valence-electron chi connectivity index (χ2n) is 6.24. The number of benzene rings is 2. The van der Waals surface area contributed by atoms with Crippen LogP contribution in [0.3, 0.4) is 0 Å². The molecule has 134 valence electrons. The number of nitrogens with zero attached hydrogens (tertiary/aromatic N) is 1. The normalized spacial score (nSPS) is 10.7. The minimum atomic E-state index is -0.118. The molecule has 0 aliphatic carbocycles. The SMILES string of the molecule is Cc1ccc(NC(=O)c2scc(-c3ccc(Cl)cc3)c2-n2cccc2)cc1. The van der Waals surface area contributed by atoms with Gasteiger partial charge in [-0.15, -0.1) is 11.3 Å². The van der Waals surface area contributed by atoms with Gasteiger partial charge < -0.3 is 9.88 Å². The summed E-state index contributed by atoms with van der Waals surface area (Å²) in [5.74, 6) is -0.118. The van der Waals surface area contributed by atoms with Crippen molar-refractivity contribution in [1.82, 2.24) is 4.57 Å². The second-order valence-corrected chi connectivity index (χ2v) is 7.56. The number of aryl methyl sites for hydroxylation is 1. The third kappa shape index (κ3) is 3.68. The van der Waals surface area contributed by atoms with Gasteiger partial charge in [0.15, 0.2) is 0 Å². The van der Waals surface area contributed by atoms with E-state index in [1.807, 2.05) is 89.9 Å². The number of thiophene rings is 1. The first-order valence-electron chi connectivity index (χ1n) is 8.50. The highest BCUT2D eigenvalue weighted by Crippen LogP contribution is 2.36. The molecule has 2 aromatic carbocycles. The molecule has 2 heterocycles. The molecule has 0 aliphatic rings. The lowest BCUT2D eigenvalue weighted by Crippen LogP contribution is -2.12. The quantitative estimate of drug-likeness (QED) is 0.427. The molecule has 0 saturated heterocycles. The maximum absolute atomic E-state index is 13.0. The van der Waals surface area contributed by atoms with Crippen LogP contribution < -0.4 is 5.32 Å². The molecule has 0 atom stereocenters. The summed E-state index contributed by atoms with van der Waals surface area (Å²) in [7, 11) is 0. The van der Waals surface area contributed by atoms with Crippen molar-refractivity contribution in [2.24, 2.45) is 0 Å². The van der Waals surface area contributed by atoms with Crippen molar-refractivity contribution in [1.29, 1.82) is 0 Å². The summed E-state index contributed by atoms with van der Waals surface area (Å²) in [6.07, 6.45) is 3.90. The van der Waals surface area contributed by atoms with Crippen molar-refractivity contribution >= 4 is 34.5 Å². The van der Waals surface area contributed by atoms with E-state index >= 15 is 0 Å². The van der Waals surface area contributed by atoms with Gasteiger partial charge in [-0.3, -0.25) is 4.79 Å². The van der Waals surface area contributed by atoms with E-state index in [0.29, 0.717) is 9.90 Å². The van der Waals surface area contributed by atoms with Crippen LogP contribution in [0, 0.1) is 6.92 Å². The molecular formula is C22H17ClN2OS. The summed E-state index contributed by atoms with van der Waals surface area (Å²) in [6.45, 7) is 2.02. The van der Waals surface area contributed by atoms with Crippen LogP contribution in [0.2, 0.25) is 5.02 Å². The van der Waals surface area contributed by atoms with Crippen molar-refractivity contribution in [2.75, 3.05) is 5.32 Å². The van der Waals surface area contributed by atoms with Gasteiger partial charge in [-0.1, -0.05) is 41.4 Å². The summed E-state index contributed by atoms with van der Waals surface area (Å²) in [6, 6.07) is 19.4. The predicted molar refractivity (Wildman–Crippen MR) is 113 cm³/mol. The lowest BCUT2D eigenvalue weighted by molar-refractivity contribution is 0.103. The van der Waals surface area contributed by atoms with E-state index in [0.717, 1.165) is 28.1 Å². The number of hydrogen-bond acceptors (Lipinski definition) is 2.